The zero-order chi connectivity index (χ0) is 18.9. The third kappa shape index (κ3) is 2.70. The summed E-state index contributed by atoms with van der Waals surface area (Å²) < 4.78 is 1.78. The quantitative estimate of drug-likeness (QED) is 0.503. The van der Waals surface area contributed by atoms with Crippen LogP contribution in [0.25, 0.3) is 39.4 Å². The van der Waals surface area contributed by atoms with Crippen LogP contribution in [0.15, 0.2) is 91.0 Å². The lowest BCUT2D eigenvalue weighted by Gasteiger charge is -2.08. The van der Waals surface area contributed by atoms with Crippen LogP contribution < -0.4 is 5.73 Å². The van der Waals surface area contributed by atoms with Crippen molar-refractivity contribution in [3.8, 4) is 28.3 Å². The molecule has 0 radical (unpaired) electrons. The number of nitrogens with zero attached hydrogens (tertiary/aromatic N) is 4. The molecule has 0 bridgehead atoms. The van der Waals surface area contributed by atoms with Gasteiger partial charge in [-0.1, -0.05) is 78.9 Å². The Labute approximate surface area is 162 Å². The molecular formula is C23H17N5. The second-order valence-electron chi connectivity index (χ2n) is 6.46. The Morgan fingerprint density at radius 3 is 1.86 bits per heavy atom. The largest absolute Gasteiger partial charge is 0.382 e. The van der Waals surface area contributed by atoms with Gasteiger partial charge in [0.15, 0.2) is 17.3 Å². The van der Waals surface area contributed by atoms with E-state index in [0.717, 1.165) is 27.9 Å². The van der Waals surface area contributed by atoms with Gasteiger partial charge >= 0.3 is 0 Å². The van der Waals surface area contributed by atoms with Crippen molar-refractivity contribution >= 4 is 16.9 Å². The zero-order valence-electron chi connectivity index (χ0n) is 15.0. The first-order chi connectivity index (χ1) is 13.8. The molecule has 0 aliphatic carbocycles. The van der Waals surface area contributed by atoms with Crippen LogP contribution in [-0.2, 0) is 0 Å². The SMILES string of the molecule is Nc1nn(-c2ccccc2)c2nc(-c3ccccc3)nc(-c3ccccc3)c12. The van der Waals surface area contributed by atoms with E-state index < -0.39 is 0 Å². The van der Waals surface area contributed by atoms with Gasteiger partial charge in [-0.2, -0.15) is 0 Å². The average Bonchev–Trinajstić information content (AvgIpc) is 3.11. The smallest absolute Gasteiger partial charge is 0.169 e. The summed E-state index contributed by atoms with van der Waals surface area (Å²) in [6, 6.07) is 29.8. The van der Waals surface area contributed by atoms with Crippen LogP contribution >= 0.6 is 0 Å². The van der Waals surface area contributed by atoms with E-state index in [0.29, 0.717) is 17.3 Å². The number of benzene rings is 3. The first-order valence-corrected chi connectivity index (χ1v) is 9.04. The Bertz CT molecular complexity index is 1250. The van der Waals surface area contributed by atoms with E-state index in [1.165, 1.54) is 0 Å². The van der Waals surface area contributed by atoms with E-state index in [2.05, 4.69) is 5.10 Å². The number of rotatable bonds is 3. The molecule has 0 fully saturated rings. The zero-order valence-corrected chi connectivity index (χ0v) is 15.0. The third-order valence-electron chi connectivity index (χ3n) is 4.63. The molecule has 2 heterocycles. The van der Waals surface area contributed by atoms with Crippen molar-refractivity contribution in [2.45, 2.75) is 0 Å². The first-order valence-electron chi connectivity index (χ1n) is 9.04. The molecule has 5 nitrogen and oxygen atoms in total. The number of nitrogen functional groups attached to an aromatic ring is 1. The molecule has 3 aromatic carbocycles. The lowest BCUT2D eigenvalue weighted by atomic mass is 10.1. The summed E-state index contributed by atoms with van der Waals surface area (Å²) in [4.78, 5) is 9.70. The second-order valence-corrected chi connectivity index (χ2v) is 6.46. The molecule has 0 unspecified atom stereocenters. The third-order valence-corrected chi connectivity index (χ3v) is 4.63. The highest BCUT2D eigenvalue weighted by molar-refractivity contribution is 5.99. The highest BCUT2D eigenvalue weighted by Gasteiger charge is 2.19. The highest BCUT2D eigenvalue weighted by Crippen LogP contribution is 2.33. The van der Waals surface area contributed by atoms with Gasteiger partial charge in [-0.25, -0.2) is 14.6 Å². The number of para-hydroxylation sites is 1. The Kier molecular flexibility index (Phi) is 3.84. The van der Waals surface area contributed by atoms with Crippen molar-refractivity contribution in [2.24, 2.45) is 0 Å². The Morgan fingerprint density at radius 2 is 1.21 bits per heavy atom. The van der Waals surface area contributed by atoms with E-state index in [1.54, 1.807) is 4.68 Å². The van der Waals surface area contributed by atoms with Gasteiger partial charge < -0.3 is 5.73 Å². The van der Waals surface area contributed by atoms with E-state index >= 15 is 0 Å². The van der Waals surface area contributed by atoms with E-state index in [-0.39, 0.29) is 0 Å². The Hall–Kier alpha value is -3.99. The van der Waals surface area contributed by atoms with E-state index in [4.69, 9.17) is 15.7 Å². The number of hydrogen-bond donors (Lipinski definition) is 1. The number of aromatic nitrogens is 4. The van der Waals surface area contributed by atoms with Crippen LogP contribution in [0.5, 0.6) is 0 Å². The molecule has 0 saturated carbocycles. The van der Waals surface area contributed by atoms with Crippen LogP contribution in [-0.4, -0.2) is 19.7 Å². The van der Waals surface area contributed by atoms with Crippen LogP contribution in [0.1, 0.15) is 0 Å². The molecular weight excluding hydrogens is 346 g/mol. The van der Waals surface area contributed by atoms with Crippen LogP contribution in [0.4, 0.5) is 5.82 Å². The van der Waals surface area contributed by atoms with Crippen LogP contribution in [0.3, 0.4) is 0 Å². The van der Waals surface area contributed by atoms with Crippen LogP contribution in [0, 0.1) is 0 Å². The van der Waals surface area contributed by atoms with Crippen molar-refractivity contribution in [3.05, 3.63) is 91.0 Å². The predicted octanol–water partition coefficient (Wildman–Crippen LogP) is 4.73. The van der Waals surface area contributed by atoms with E-state index in [1.807, 2.05) is 91.0 Å². The molecule has 2 aromatic heterocycles. The van der Waals surface area contributed by atoms with Gasteiger partial charge in [0.2, 0.25) is 0 Å². The average molecular weight is 363 g/mol. The van der Waals surface area contributed by atoms with Crippen molar-refractivity contribution in [3.63, 3.8) is 0 Å². The molecule has 2 N–H and O–H groups in total. The fourth-order valence-electron chi connectivity index (χ4n) is 3.31. The topological polar surface area (TPSA) is 69.6 Å². The summed E-state index contributed by atoms with van der Waals surface area (Å²) >= 11 is 0. The molecule has 28 heavy (non-hydrogen) atoms. The summed E-state index contributed by atoms with van der Waals surface area (Å²) in [5.74, 6) is 1.06. The normalized spacial score (nSPS) is 11.0. The number of nitrogens with two attached hydrogens (primary N) is 1. The Morgan fingerprint density at radius 1 is 0.643 bits per heavy atom. The lowest BCUT2D eigenvalue weighted by Crippen LogP contribution is -2.00. The number of hydrogen-bond acceptors (Lipinski definition) is 4. The van der Waals surface area contributed by atoms with Crippen LogP contribution in [0.2, 0.25) is 0 Å². The van der Waals surface area contributed by atoms with Crippen molar-refractivity contribution in [1.29, 1.82) is 0 Å². The minimum absolute atomic E-state index is 0.414. The number of anilines is 1. The fraction of sp³-hybridized carbons (Fsp3) is 0. The molecule has 5 aromatic rings. The maximum atomic E-state index is 6.33. The Balaban J connectivity index is 1.86. The van der Waals surface area contributed by atoms with Gasteiger partial charge in [0, 0.05) is 11.1 Å². The number of fused-ring (bicyclic) bond motifs is 1. The highest BCUT2D eigenvalue weighted by atomic mass is 15.3. The summed E-state index contributed by atoms with van der Waals surface area (Å²) in [5, 5.41) is 5.33. The molecule has 0 spiro atoms. The van der Waals surface area contributed by atoms with Gasteiger partial charge in [-0.05, 0) is 12.1 Å². The summed E-state index contributed by atoms with van der Waals surface area (Å²) in [6.45, 7) is 0. The van der Waals surface area contributed by atoms with Crippen molar-refractivity contribution in [2.75, 3.05) is 5.73 Å². The first kappa shape index (κ1) is 16.2. The van der Waals surface area contributed by atoms with Gasteiger partial charge in [-0.15, -0.1) is 5.10 Å². The maximum absolute atomic E-state index is 6.33. The monoisotopic (exact) mass is 363 g/mol. The van der Waals surface area contributed by atoms with Gasteiger partial charge in [0.1, 0.15) is 0 Å². The lowest BCUT2D eigenvalue weighted by molar-refractivity contribution is 0.901. The molecule has 134 valence electrons. The second kappa shape index (κ2) is 6.63. The minimum Gasteiger partial charge on any atom is -0.382 e. The molecule has 5 heteroatoms. The van der Waals surface area contributed by atoms with Crippen molar-refractivity contribution in [1.82, 2.24) is 19.7 Å². The van der Waals surface area contributed by atoms with Gasteiger partial charge in [0.25, 0.3) is 0 Å². The molecule has 0 amide bonds. The standard InChI is InChI=1S/C23H17N5/c24-21-19-20(16-10-4-1-5-11-16)25-22(17-12-6-2-7-13-17)26-23(19)28(27-21)18-14-8-3-9-15-18/h1-15H,(H2,24,27). The predicted molar refractivity (Wildman–Crippen MR) is 112 cm³/mol. The fourth-order valence-corrected chi connectivity index (χ4v) is 3.31. The van der Waals surface area contributed by atoms with E-state index in [9.17, 15) is 0 Å². The molecule has 0 atom stereocenters. The summed E-state index contributed by atoms with van der Waals surface area (Å²) in [7, 11) is 0. The maximum Gasteiger partial charge on any atom is 0.169 e. The van der Waals surface area contributed by atoms with Crippen molar-refractivity contribution < 1.29 is 0 Å². The molecule has 5 rings (SSSR count). The molecule has 0 aliphatic rings. The minimum atomic E-state index is 0.414. The summed E-state index contributed by atoms with van der Waals surface area (Å²) in [6.07, 6.45) is 0. The summed E-state index contributed by atoms with van der Waals surface area (Å²) in [5.41, 5.74) is 10.6. The van der Waals surface area contributed by atoms with Gasteiger partial charge in [0.05, 0.1) is 16.8 Å². The molecule has 0 saturated heterocycles. The van der Waals surface area contributed by atoms with Gasteiger partial charge in [-0.3, -0.25) is 0 Å². The molecule has 0 aliphatic heterocycles.